The molecule has 6 heteroatoms. The van der Waals surface area contributed by atoms with Crippen molar-refractivity contribution in [3.8, 4) is 0 Å². The van der Waals surface area contributed by atoms with E-state index in [0.717, 1.165) is 11.1 Å². The Bertz CT molecular complexity index is 847. The third-order valence-electron chi connectivity index (χ3n) is 4.32. The van der Waals surface area contributed by atoms with Gasteiger partial charge < -0.3 is 5.11 Å². The molecule has 0 spiro atoms. The summed E-state index contributed by atoms with van der Waals surface area (Å²) in [6.07, 6.45) is 0.851. The van der Waals surface area contributed by atoms with Gasteiger partial charge in [-0.1, -0.05) is 36.4 Å². The summed E-state index contributed by atoms with van der Waals surface area (Å²) in [6.45, 7) is 1.37. The van der Waals surface area contributed by atoms with Crippen LogP contribution in [0.2, 0.25) is 0 Å². The van der Waals surface area contributed by atoms with E-state index in [2.05, 4.69) is 4.72 Å². The number of Topliss-reactive ketones (excluding diaryl/α,β-unsaturated/α-hetero) is 1. The average molecular weight is 345 g/mol. The molecule has 0 atom stereocenters. The first-order valence-corrected chi connectivity index (χ1v) is 9.17. The first-order valence-electron chi connectivity index (χ1n) is 7.69. The fourth-order valence-corrected chi connectivity index (χ4v) is 4.10. The quantitative estimate of drug-likeness (QED) is 0.808. The number of aliphatic hydroxyl groups is 1. The van der Waals surface area contributed by atoms with Crippen LogP contribution in [0.5, 0.6) is 0 Å². The molecule has 2 N–H and O–H groups in total. The molecule has 126 valence electrons. The molecule has 0 aliphatic heterocycles. The normalized spacial score (nSPS) is 15.9. The number of hydrogen-bond donors (Lipinski definition) is 2. The average Bonchev–Trinajstić information content (AvgIpc) is 2.90. The van der Waals surface area contributed by atoms with Crippen molar-refractivity contribution in [2.24, 2.45) is 0 Å². The van der Waals surface area contributed by atoms with Crippen LogP contribution >= 0.6 is 0 Å². The Morgan fingerprint density at radius 2 is 1.62 bits per heavy atom. The number of nitrogens with one attached hydrogen (secondary N) is 1. The summed E-state index contributed by atoms with van der Waals surface area (Å²) in [4.78, 5) is 11.3. The van der Waals surface area contributed by atoms with Gasteiger partial charge in [-0.05, 0) is 30.2 Å². The molecule has 1 aliphatic carbocycles. The predicted octanol–water partition coefficient (Wildman–Crippen LogP) is 1.70. The van der Waals surface area contributed by atoms with Crippen LogP contribution in [0.25, 0.3) is 0 Å². The molecule has 2 aromatic rings. The molecule has 0 saturated carbocycles. The van der Waals surface area contributed by atoms with Crippen LogP contribution in [0.15, 0.2) is 53.4 Å². The van der Waals surface area contributed by atoms with E-state index >= 15 is 0 Å². The number of ketones is 1. The van der Waals surface area contributed by atoms with Crippen molar-refractivity contribution in [2.45, 2.75) is 30.3 Å². The molecule has 0 aromatic heterocycles. The van der Waals surface area contributed by atoms with Crippen molar-refractivity contribution < 1.29 is 18.3 Å². The van der Waals surface area contributed by atoms with Gasteiger partial charge in [-0.3, -0.25) is 4.79 Å². The number of carbonyl (C=O) groups is 1. The van der Waals surface area contributed by atoms with E-state index in [1.54, 1.807) is 0 Å². The molecular formula is C18H19NO4S. The minimum atomic E-state index is -3.74. The summed E-state index contributed by atoms with van der Waals surface area (Å²) < 4.78 is 27.2. The Labute approximate surface area is 141 Å². The highest BCUT2D eigenvalue weighted by atomic mass is 32.2. The molecule has 0 radical (unpaired) electrons. The van der Waals surface area contributed by atoms with Gasteiger partial charge in [-0.15, -0.1) is 0 Å². The van der Waals surface area contributed by atoms with E-state index in [9.17, 15) is 18.3 Å². The largest absolute Gasteiger partial charge is 0.388 e. The Hall–Kier alpha value is -2.02. The lowest BCUT2D eigenvalue weighted by Gasteiger charge is -2.22. The van der Waals surface area contributed by atoms with Gasteiger partial charge in [0.05, 0.1) is 10.5 Å². The van der Waals surface area contributed by atoms with E-state index in [1.807, 2.05) is 24.3 Å². The summed E-state index contributed by atoms with van der Waals surface area (Å²) >= 11 is 0. The zero-order valence-corrected chi connectivity index (χ0v) is 14.1. The van der Waals surface area contributed by atoms with E-state index < -0.39 is 15.6 Å². The summed E-state index contributed by atoms with van der Waals surface area (Å²) in [5.74, 6) is -0.120. The second-order valence-corrected chi connectivity index (χ2v) is 8.02. The zero-order valence-electron chi connectivity index (χ0n) is 13.3. The van der Waals surface area contributed by atoms with Crippen molar-refractivity contribution >= 4 is 15.8 Å². The number of fused-ring (bicyclic) bond motifs is 1. The molecule has 0 amide bonds. The molecule has 1 aliphatic rings. The summed E-state index contributed by atoms with van der Waals surface area (Å²) in [5, 5.41) is 10.7. The Morgan fingerprint density at radius 3 is 2.12 bits per heavy atom. The number of sulfonamides is 1. The smallest absolute Gasteiger partial charge is 0.240 e. The van der Waals surface area contributed by atoms with Crippen LogP contribution in [0.4, 0.5) is 0 Å². The number of rotatable bonds is 5. The number of benzene rings is 2. The van der Waals surface area contributed by atoms with Crippen molar-refractivity contribution in [3.63, 3.8) is 0 Å². The summed E-state index contributed by atoms with van der Waals surface area (Å²) in [5.41, 5.74) is 1.43. The highest BCUT2D eigenvalue weighted by Crippen LogP contribution is 2.29. The van der Waals surface area contributed by atoms with Crippen molar-refractivity contribution in [1.82, 2.24) is 4.72 Å². The van der Waals surface area contributed by atoms with Gasteiger partial charge in [0.2, 0.25) is 10.0 Å². The van der Waals surface area contributed by atoms with Crippen molar-refractivity contribution in [2.75, 3.05) is 6.54 Å². The third kappa shape index (κ3) is 3.40. The number of carbonyl (C=O) groups excluding carboxylic acids is 1. The highest BCUT2D eigenvalue weighted by molar-refractivity contribution is 7.89. The number of hydrogen-bond acceptors (Lipinski definition) is 4. The van der Waals surface area contributed by atoms with E-state index in [-0.39, 0.29) is 17.2 Å². The SMILES string of the molecule is CC(=O)c1ccc(S(=O)(=O)NCC2(O)Cc3ccccc3C2)cc1. The molecule has 2 aromatic carbocycles. The van der Waals surface area contributed by atoms with Gasteiger partial charge >= 0.3 is 0 Å². The van der Waals surface area contributed by atoms with Gasteiger partial charge in [0, 0.05) is 24.9 Å². The molecule has 3 rings (SSSR count). The van der Waals surface area contributed by atoms with E-state index in [1.165, 1.54) is 31.2 Å². The maximum atomic E-state index is 12.4. The molecular weight excluding hydrogens is 326 g/mol. The molecule has 0 heterocycles. The van der Waals surface area contributed by atoms with Gasteiger partial charge in [0.25, 0.3) is 0 Å². The molecule has 0 bridgehead atoms. The van der Waals surface area contributed by atoms with Gasteiger partial charge in [-0.25, -0.2) is 13.1 Å². The molecule has 5 nitrogen and oxygen atoms in total. The first kappa shape index (κ1) is 16.8. The van der Waals surface area contributed by atoms with Gasteiger partial charge in [0.1, 0.15) is 0 Å². The van der Waals surface area contributed by atoms with Gasteiger partial charge in [-0.2, -0.15) is 0 Å². The van der Waals surface area contributed by atoms with E-state index in [0.29, 0.717) is 18.4 Å². The van der Waals surface area contributed by atoms with Crippen LogP contribution in [-0.4, -0.2) is 31.5 Å². The van der Waals surface area contributed by atoms with Crippen LogP contribution in [-0.2, 0) is 22.9 Å². The topological polar surface area (TPSA) is 83.5 Å². The fourth-order valence-electron chi connectivity index (χ4n) is 2.98. The van der Waals surface area contributed by atoms with Crippen LogP contribution in [0, 0.1) is 0 Å². The molecule has 0 saturated heterocycles. The lowest BCUT2D eigenvalue weighted by molar-refractivity contribution is 0.0567. The summed E-state index contributed by atoms with van der Waals surface area (Å²) in [7, 11) is -3.74. The first-order chi connectivity index (χ1) is 11.3. The second kappa shape index (κ2) is 6.12. The standard InChI is InChI=1S/C18H19NO4S/c1-13(20)14-6-8-17(9-7-14)24(22,23)19-12-18(21)10-15-4-2-3-5-16(15)11-18/h2-9,19,21H,10-12H2,1H3. The fraction of sp³-hybridized carbons (Fsp3) is 0.278. The van der Waals surface area contributed by atoms with Gasteiger partial charge in [0.15, 0.2) is 5.78 Å². The molecule has 0 fully saturated rings. The molecule has 0 unspecified atom stereocenters. The lowest BCUT2D eigenvalue weighted by atomic mass is 10.0. The zero-order chi connectivity index (χ0) is 17.4. The van der Waals surface area contributed by atoms with Crippen LogP contribution < -0.4 is 4.72 Å². The van der Waals surface area contributed by atoms with E-state index in [4.69, 9.17) is 0 Å². The Balaban J connectivity index is 1.71. The summed E-state index contributed by atoms with van der Waals surface area (Å²) in [6, 6.07) is 13.5. The lowest BCUT2D eigenvalue weighted by Crippen LogP contribution is -2.43. The minimum Gasteiger partial charge on any atom is -0.388 e. The maximum Gasteiger partial charge on any atom is 0.240 e. The highest BCUT2D eigenvalue weighted by Gasteiger charge is 2.36. The van der Waals surface area contributed by atoms with Crippen molar-refractivity contribution in [3.05, 3.63) is 65.2 Å². The van der Waals surface area contributed by atoms with Crippen molar-refractivity contribution in [1.29, 1.82) is 0 Å². The maximum absolute atomic E-state index is 12.4. The second-order valence-electron chi connectivity index (χ2n) is 6.25. The minimum absolute atomic E-state index is 0.0571. The Kier molecular flexibility index (Phi) is 4.29. The van der Waals surface area contributed by atoms with Crippen LogP contribution in [0.3, 0.4) is 0 Å². The molecule has 24 heavy (non-hydrogen) atoms. The third-order valence-corrected chi connectivity index (χ3v) is 5.74. The Morgan fingerprint density at radius 1 is 1.08 bits per heavy atom. The van der Waals surface area contributed by atoms with Crippen LogP contribution in [0.1, 0.15) is 28.4 Å². The monoisotopic (exact) mass is 345 g/mol. The predicted molar refractivity (Wildman–Crippen MR) is 90.4 cm³/mol.